The molecule has 0 saturated heterocycles. The highest BCUT2D eigenvalue weighted by atomic mass is 15.8. The van der Waals surface area contributed by atoms with Gasteiger partial charge in [0.05, 0.1) is 5.54 Å². The number of hydrazone groups is 1. The third-order valence-corrected chi connectivity index (χ3v) is 4.98. The van der Waals surface area contributed by atoms with E-state index in [-0.39, 0.29) is 5.54 Å². The van der Waals surface area contributed by atoms with Crippen molar-refractivity contribution in [1.82, 2.24) is 16.1 Å². The van der Waals surface area contributed by atoms with E-state index in [1.54, 1.807) is 0 Å². The number of nitrogens with one attached hydrogen (secondary N) is 2. The topological polar surface area (TPSA) is 39.7 Å². The number of hydrazine groups is 2. The van der Waals surface area contributed by atoms with Crippen molar-refractivity contribution in [3.05, 3.63) is 0 Å². The van der Waals surface area contributed by atoms with Crippen LogP contribution in [0, 0.1) is 0 Å². The van der Waals surface area contributed by atoms with E-state index in [0.717, 1.165) is 12.8 Å². The number of hydrogen-bond donors (Lipinski definition) is 2. The first-order valence-electron chi connectivity index (χ1n) is 9.12. The van der Waals surface area contributed by atoms with Gasteiger partial charge in [-0.25, -0.2) is 5.53 Å². The maximum absolute atomic E-state index is 4.06. The lowest BCUT2D eigenvalue weighted by Gasteiger charge is -2.39. The van der Waals surface area contributed by atoms with Crippen LogP contribution in [0.25, 0.3) is 0 Å². The smallest absolute Gasteiger partial charge is 0.129 e. The molecular formula is C17H36N4. The number of rotatable bonds is 13. The Hall–Kier alpha value is -0.770. The Morgan fingerprint density at radius 1 is 0.857 bits per heavy atom. The summed E-state index contributed by atoms with van der Waals surface area (Å²) in [6, 6.07) is 0. The summed E-state index contributed by atoms with van der Waals surface area (Å²) in [5.41, 5.74) is 6.18. The molecule has 1 aliphatic heterocycles. The van der Waals surface area contributed by atoms with Crippen molar-refractivity contribution >= 4 is 6.34 Å². The zero-order valence-electron chi connectivity index (χ0n) is 14.5. The lowest BCUT2D eigenvalue weighted by atomic mass is 9.86. The van der Waals surface area contributed by atoms with Crippen molar-refractivity contribution in [1.29, 1.82) is 0 Å². The molecule has 1 aliphatic rings. The van der Waals surface area contributed by atoms with Crippen molar-refractivity contribution in [3.63, 3.8) is 0 Å². The predicted molar refractivity (Wildman–Crippen MR) is 91.8 cm³/mol. The summed E-state index contributed by atoms with van der Waals surface area (Å²) in [4.78, 5) is 0. The first kappa shape index (κ1) is 18.3. The van der Waals surface area contributed by atoms with Gasteiger partial charge in [-0.05, 0) is 19.3 Å². The first-order valence-corrected chi connectivity index (χ1v) is 9.12. The van der Waals surface area contributed by atoms with Gasteiger partial charge in [-0.3, -0.25) is 5.01 Å². The summed E-state index contributed by atoms with van der Waals surface area (Å²) in [6.07, 6.45) is 18.0. The molecule has 1 heterocycles. The zero-order valence-corrected chi connectivity index (χ0v) is 14.5. The van der Waals surface area contributed by atoms with Gasteiger partial charge in [0, 0.05) is 0 Å². The average molecular weight is 297 g/mol. The third kappa shape index (κ3) is 6.25. The van der Waals surface area contributed by atoms with Crippen LogP contribution in [-0.2, 0) is 0 Å². The van der Waals surface area contributed by atoms with Crippen molar-refractivity contribution < 1.29 is 0 Å². The highest BCUT2D eigenvalue weighted by Crippen LogP contribution is 2.29. The van der Waals surface area contributed by atoms with Crippen LogP contribution >= 0.6 is 0 Å². The molecule has 0 aliphatic carbocycles. The SMILES string of the molecule is CCCCCCCCCCCC(CC)(CC)N1C=NNN1. The Morgan fingerprint density at radius 2 is 1.43 bits per heavy atom. The third-order valence-electron chi connectivity index (χ3n) is 4.98. The van der Waals surface area contributed by atoms with E-state index in [2.05, 4.69) is 42.0 Å². The summed E-state index contributed by atoms with van der Waals surface area (Å²) < 4.78 is 0. The second kappa shape index (κ2) is 10.9. The minimum absolute atomic E-state index is 0.216. The highest BCUT2D eigenvalue weighted by molar-refractivity contribution is 5.56. The first-order chi connectivity index (χ1) is 10.3. The van der Waals surface area contributed by atoms with Crippen LogP contribution in [-0.4, -0.2) is 16.9 Å². The highest BCUT2D eigenvalue weighted by Gasteiger charge is 2.33. The lowest BCUT2D eigenvalue weighted by molar-refractivity contribution is 0.0928. The van der Waals surface area contributed by atoms with E-state index < -0.39 is 0 Å². The predicted octanol–water partition coefficient (Wildman–Crippen LogP) is 4.73. The van der Waals surface area contributed by atoms with E-state index in [9.17, 15) is 0 Å². The zero-order chi connectivity index (χ0) is 15.4. The van der Waals surface area contributed by atoms with Crippen LogP contribution < -0.4 is 11.1 Å². The maximum atomic E-state index is 4.06. The molecule has 0 atom stereocenters. The molecule has 0 spiro atoms. The summed E-state index contributed by atoms with van der Waals surface area (Å²) in [5.74, 6) is 0. The Labute approximate surface area is 131 Å². The molecule has 0 aromatic carbocycles. The molecule has 1 rings (SSSR count). The molecule has 0 fully saturated rings. The van der Waals surface area contributed by atoms with E-state index in [4.69, 9.17) is 0 Å². The van der Waals surface area contributed by atoms with Gasteiger partial charge < -0.3 is 0 Å². The summed E-state index contributed by atoms with van der Waals surface area (Å²) in [5, 5.41) is 6.22. The maximum Gasteiger partial charge on any atom is 0.129 e. The molecule has 124 valence electrons. The van der Waals surface area contributed by atoms with Crippen molar-refractivity contribution in [2.75, 3.05) is 0 Å². The van der Waals surface area contributed by atoms with E-state index in [0.29, 0.717) is 0 Å². The quantitative estimate of drug-likeness (QED) is 0.482. The summed E-state index contributed by atoms with van der Waals surface area (Å²) >= 11 is 0. The van der Waals surface area contributed by atoms with Gasteiger partial charge in [-0.2, -0.15) is 5.10 Å². The molecule has 21 heavy (non-hydrogen) atoms. The summed E-state index contributed by atoms with van der Waals surface area (Å²) in [6.45, 7) is 6.85. The van der Waals surface area contributed by atoms with Crippen LogP contribution in [0.2, 0.25) is 0 Å². The van der Waals surface area contributed by atoms with Gasteiger partial charge in [0.25, 0.3) is 0 Å². The van der Waals surface area contributed by atoms with Gasteiger partial charge in [-0.15, -0.1) is 5.53 Å². The van der Waals surface area contributed by atoms with Crippen molar-refractivity contribution in [3.8, 4) is 0 Å². The van der Waals surface area contributed by atoms with E-state index in [1.807, 2.05) is 6.34 Å². The minimum atomic E-state index is 0.216. The van der Waals surface area contributed by atoms with Crippen LogP contribution in [0.1, 0.15) is 97.8 Å². The molecule has 4 heteroatoms. The molecular weight excluding hydrogens is 260 g/mol. The second-order valence-electron chi connectivity index (χ2n) is 6.35. The van der Waals surface area contributed by atoms with Crippen LogP contribution in [0.5, 0.6) is 0 Å². The fraction of sp³-hybridized carbons (Fsp3) is 0.941. The van der Waals surface area contributed by atoms with E-state index in [1.165, 1.54) is 64.2 Å². The molecule has 0 aromatic rings. The molecule has 2 N–H and O–H groups in total. The standard InChI is InChI=1S/C17H36N4/c1-4-7-8-9-10-11-12-13-14-15-17(5-2,6-3)21-16-18-19-20-21/h16,19-20H,4-15H2,1-3H3. The molecule has 0 bridgehead atoms. The fourth-order valence-corrected chi connectivity index (χ4v) is 3.27. The Bertz CT molecular complexity index is 274. The molecule has 0 amide bonds. The Kier molecular flexibility index (Phi) is 9.48. The summed E-state index contributed by atoms with van der Waals surface area (Å²) in [7, 11) is 0. The molecule has 4 nitrogen and oxygen atoms in total. The normalized spacial score (nSPS) is 14.7. The van der Waals surface area contributed by atoms with Crippen LogP contribution in [0.15, 0.2) is 5.10 Å². The largest absolute Gasteiger partial charge is 0.271 e. The Morgan fingerprint density at radius 3 is 1.90 bits per heavy atom. The monoisotopic (exact) mass is 296 g/mol. The number of nitrogens with zero attached hydrogens (tertiary/aromatic N) is 2. The van der Waals surface area contributed by atoms with Gasteiger partial charge in [-0.1, -0.05) is 78.6 Å². The molecule has 0 radical (unpaired) electrons. The number of hydrogen-bond acceptors (Lipinski definition) is 4. The second-order valence-corrected chi connectivity index (χ2v) is 6.35. The number of unbranched alkanes of at least 4 members (excludes halogenated alkanes) is 8. The Balaban J connectivity index is 2.12. The van der Waals surface area contributed by atoms with Crippen molar-refractivity contribution in [2.45, 2.75) is 103 Å². The fourth-order valence-electron chi connectivity index (χ4n) is 3.27. The average Bonchev–Trinajstić information content (AvgIpc) is 3.05. The molecule has 0 unspecified atom stereocenters. The van der Waals surface area contributed by atoms with Crippen LogP contribution in [0.3, 0.4) is 0 Å². The minimum Gasteiger partial charge on any atom is -0.271 e. The van der Waals surface area contributed by atoms with Gasteiger partial charge >= 0.3 is 0 Å². The van der Waals surface area contributed by atoms with Crippen molar-refractivity contribution in [2.24, 2.45) is 5.10 Å². The molecule has 0 aromatic heterocycles. The van der Waals surface area contributed by atoms with Crippen LogP contribution in [0.4, 0.5) is 0 Å². The van der Waals surface area contributed by atoms with Gasteiger partial charge in [0.15, 0.2) is 0 Å². The molecule has 0 saturated carbocycles. The van der Waals surface area contributed by atoms with E-state index >= 15 is 0 Å². The lowest BCUT2D eigenvalue weighted by Crippen LogP contribution is -2.53. The van der Waals surface area contributed by atoms with Gasteiger partial charge in [0.1, 0.15) is 6.34 Å². The van der Waals surface area contributed by atoms with Gasteiger partial charge in [0.2, 0.25) is 0 Å².